The third-order valence-electron chi connectivity index (χ3n) is 4.67. The van der Waals surface area contributed by atoms with Crippen molar-refractivity contribution in [3.8, 4) is 0 Å². The molecule has 0 radical (unpaired) electrons. The van der Waals surface area contributed by atoms with Crippen LogP contribution >= 0.6 is 0 Å². The minimum Gasteiger partial charge on any atom is -0.317 e. The topological polar surface area (TPSA) is 15.3 Å². The molecule has 1 saturated heterocycles. The van der Waals surface area contributed by atoms with Crippen molar-refractivity contribution in [2.75, 3.05) is 32.7 Å². The lowest BCUT2D eigenvalue weighted by atomic mass is 9.74. The molecule has 1 aliphatic heterocycles. The molecular weight excluding hydrogens is 208 g/mol. The van der Waals surface area contributed by atoms with E-state index in [-0.39, 0.29) is 0 Å². The second-order valence-corrected chi connectivity index (χ2v) is 5.65. The van der Waals surface area contributed by atoms with Crippen molar-refractivity contribution >= 4 is 0 Å². The molecule has 0 atom stereocenters. The van der Waals surface area contributed by atoms with Crippen LogP contribution in [0.1, 0.15) is 59.3 Å². The van der Waals surface area contributed by atoms with Gasteiger partial charge in [-0.1, -0.05) is 33.6 Å². The van der Waals surface area contributed by atoms with E-state index >= 15 is 0 Å². The maximum atomic E-state index is 3.49. The van der Waals surface area contributed by atoms with Gasteiger partial charge in [-0.25, -0.2) is 0 Å². The summed E-state index contributed by atoms with van der Waals surface area (Å²) in [5, 5.41) is 3.49. The van der Waals surface area contributed by atoms with Crippen LogP contribution in [0.5, 0.6) is 0 Å². The number of likely N-dealkylation sites (tertiary alicyclic amines) is 1. The van der Waals surface area contributed by atoms with E-state index in [0.29, 0.717) is 5.41 Å². The maximum Gasteiger partial charge on any atom is -0.000663 e. The molecule has 1 heterocycles. The molecule has 0 aliphatic carbocycles. The second kappa shape index (κ2) is 8.10. The van der Waals surface area contributed by atoms with Gasteiger partial charge in [0.1, 0.15) is 0 Å². The summed E-state index contributed by atoms with van der Waals surface area (Å²) in [5.41, 5.74) is 0.678. The first kappa shape index (κ1) is 15.0. The number of hydrogen-bond acceptors (Lipinski definition) is 2. The third-order valence-corrected chi connectivity index (χ3v) is 4.67. The molecule has 0 amide bonds. The van der Waals surface area contributed by atoms with E-state index in [1.807, 2.05) is 0 Å². The van der Waals surface area contributed by atoms with Gasteiger partial charge in [0.05, 0.1) is 0 Å². The summed E-state index contributed by atoms with van der Waals surface area (Å²) in [6.07, 6.45) is 8.14. The van der Waals surface area contributed by atoms with Crippen molar-refractivity contribution in [2.24, 2.45) is 5.41 Å². The Hall–Kier alpha value is -0.0800. The zero-order chi connectivity index (χ0) is 12.6. The standard InChI is InChI=1S/C15H32N2/c1-4-10-16-11-7-12-17-13-8-15(5-2,6-3)9-14-17/h16H,4-14H2,1-3H3. The smallest absolute Gasteiger partial charge is 0.000663 e. The molecule has 1 N–H and O–H groups in total. The highest BCUT2D eigenvalue weighted by Crippen LogP contribution is 2.37. The van der Waals surface area contributed by atoms with E-state index in [0.717, 1.165) is 0 Å². The van der Waals surface area contributed by atoms with Gasteiger partial charge < -0.3 is 10.2 Å². The fourth-order valence-electron chi connectivity index (χ4n) is 2.94. The fourth-order valence-corrected chi connectivity index (χ4v) is 2.94. The average Bonchev–Trinajstić information content (AvgIpc) is 2.39. The van der Waals surface area contributed by atoms with Crippen LogP contribution in [0.4, 0.5) is 0 Å². The van der Waals surface area contributed by atoms with Gasteiger partial charge in [-0.2, -0.15) is 0 Å². The maximum absolute atomic E-state index is 3.49. The van der Waals surface area contributed by atoms with Crippen LogP contribution in [0.15, 0.2) is 0 Å². The van der Waals surface area contributed by atoms with E-state index in [2.05, 4.69) is 31.0 Å². The quantitative estimate of drug-likeness (QED) is 0.655. The lowest BCUT2D eigenvalue weighted by molar-refractivity contribution is 0.0948. The first-order chi connectivity index (χ1) is 8.26. The number of rotatable bonds is 8. The summed E-state index contributed by atoms with van der Waals surface area (Å²) >= 11 is 0. The summed E-state index contributed by atoms with van der Waals surface area (Å²) in [4.78, 5) is 2.66. The van der Waals surface area contributed by atoms with Crippen LogP contribution in [0, 0.1) is 5.41 Å². The monoisotopic (exact) mass is 240 g/mol. The lowest BCUT2D eigenvalue weighted by Crippen LogP contribution is -2.40. The third kappa shape index (κ3) is 4.97. The molecule has 2 nitrogen and oxygen atoms in total. The molecular formula is C15H32N2. The zero-order valence-electron chi connectivity index (χ0n) is 12.2. The van der Waals surface area contributed by atoms with Gasteiger partial charge in [-0.3, -0.25) is 0 Å². The Morgan fingerprint density at radius 3 is 2.18 bits per heavy atom. The highest BCUT2D eigenvalue weighted by Gasteiger charge is 2.30. The molecule has 0 aromatic heterocycles. The largest absolute Gasteiger partial charge is 0.317 e. The van der Waals surface area contributed by atoms with Crippen molar-refractivity contribution < 1.29 is 0 Å². The molecule has 102 valence electrons. The Bertz CT molecular complexity index is 177. The molecule has 1 aliphatic rings. The van der Waals surface area contributed by atoms with Crippen molar-refractivity contribution in [3.05, 3.63) is 0 Å². The first-order valence-electron chi connectivity index (χ1n) is 7.69. The van der Waals surface area contributed by atoms with E-state index in [4.69, 9.17) is 0 Å². The SMILES string of the molecule is CCCNCCCN1CCC(CC)(CC)CC1. The van der Waals surface area contributed by atoms with Crippen LogP contribution in [0.3, 0.4) is 0 Å². The fraction of sp³-hybridized carbons (Fsp3) is 1.00. The van der Waals surface area contributed by atoms with Gasteiger partial charge in [0, 0.05) is 0 Å². The van der Waals surface area contributed by atoms with Crippen LogP contribution < -0.4 is 5.32 Å². The predicted octanol–water partition coefficient (Wildman–Crippen LogP) is 3.28. The number of nitrogens with one attached hydrogen (secondary N) is 1. The summed E-state index contributed by atoms with van der Waals surface area (Å²) in [6, 6.07) is 0. The number of nitrogens with zero attached hydrogens (tertiary/aromatic N) is 1. The summed E-state index contributed by atoms with van der Waals surface area (Å²) < 4.78 is 0. The Morgan fingerprint density at radius 2 is 1.65 bits per heavy atom. The molecule has 1 rings (SSSR count). The molecule has 17 heavy (non-hydrogen) atoms. The molecule has 1 fully saturated rings. The summed E-state index contributed by atoms with van der Waals surface area (Å²) in [6.45, 7) is 13.3. The zero-order valence-corrected chi connectivity index (χ0v) is 12.2. The average molecular weight is 240 g/mol. The van der Waals surface area contributed by atoms with Crippen LogP contribution in [-0.2, 0) is 0 Å². The Morgan fingerprint density at radius 1 is 1.00 bits per heavy atom. The number of hydrogen-bond donors (Lipinski definition) is 1. The summed E-state index contributed by atoms with van der Waals surface area (Å²) in [5.74, 6) is 0. The van der Waals surface area contributed by atoms with Crippen molar-refractivity contribution in [1.29, 1.82) is 0 Å². The minimum absolute atomic E-state index is 0.678. The molecule has 0 saturated carbocycles. The van der Waals surface area contributed by atoms with Crippen molar-refractivity contribution in [3.63, 3.8) is 0 Å². The van der Waals surface area contributed by atoms with E-state index in [1.54, 1.807) is 0 Å². The van der Waals surface area contributed by atoms with E-state index in [9.17, 15) is 0 Å². The van der Waals surface area contributed by atoms with Crippen LogP contribution in [0.25, 0.3) is 0 Å². The van der Waals surface area contributed by atoms with Crippen molar-refractivity contribution in [1.82, 2.24) is 10.2 Å². The lowest BCUT2D eigenvalue weighted by Gasteiger charge is -2.41. The highest BCUT2D eigenvalue weighted by atomic mass is 15.1. The van der Waals surface area contributed by atoms with E-state index < -0.39 is 0 Å². The summed E-state index contributed by atoms with van der Waals surface area (Å²) in [7, 11) is 0. The Labute approximate surface area is 108 Å². The van der Waals surface area contributed by atoms with Gasteiger partial charge in [0.15, 0.2) is 0 Å². The number of piperidine rings is 1. The van der Waals surface area contributed by atoms with Crippen molar-refractivity contribution in [2.45, 2.75) is 59.3 Å². The Kier molecular flexibility index (Phi) is 7.14. The molecule has 0 unspecified atom stereocenters. The molecule has 0 aromatic carbocycles. The van der Waals surface area contributed by atoms with E-state index in [1.165, 1.54) is 71.2 Å². The molecule has 2 heteroatoms. The Balaban J connectivity index is 2.10. The molecule has 0 aromatic rings. The van der Waals surface area contributed by atoms with Gasteiger partial charge >= 0.3 is 0 Å². The molecule has 0 bridgehead atoms. The minimum atomic E-state index is 0.678. The van der Waals surface area contributed by atoms with Gasteiger partial charge in [0.2, 0.25) is 0 Å². The molecule has 0 spiro atoms. The predicted molar refractivity (Wildman–Crippen MR) is 76.5 cm³/mol. The van der Waals surface area contributed by atoms with Crippen LogP contribution in [-0.4, -0.2) is 37.6 Å². The normalized spacial score (nSPS) is 20.6. The van der Waals surface area contributed by atoms with Gasteiger partial charge in [-0.05, 0) is 63.8 Å². The first-order valence-corrected chi connectivity index (χ1v) is 7.69. The second-order valence-electron chi connectivity index (χ2n) is 5.65. The van der Waals surface area contributed by atoms with Gasteiger partial charge in [0.25, 0.3) is 0 Å². The van der Waals surface area contributed by atoms with Crippen LogP contribution in [0.2, 0.25) is 0 Å². The van der Waals surface area contributed by atoms with Gasteiger partial charge in [-0.15, -0.1) is 0 Å². The highest BCUT2D eigenvalue weighted by molar-refractivity contribution is 4.83.